The molecule has 0 saturated carbocycles. The minimum atomic E-state index is -3.51. The highest BCUT2D eigenvalue weighted by atomic mass is 32.2. The Kier molecular flexibility index (Phi) is 6.29. The van der Waals surface area contributed by atoms with Gasteiger partial charge in [-0.25, -0.2) is 9.98 Å². The van der Waals surface area contributed by atoms with E-state index in [1.807, 2.05) is 11.4 Å². The molecule has 2 aromatic rings. The number of anilines is 1. The first-order valence-corrected chi connectivity index (χ1v) is 12.5. The summed E-state index contributed by atoms with van der Waals surface area (Å²) < 4.78 is 28.2. The number of nitrogens with one attached hydrogen (secondary N) is 1. The number of nitriles is 1. The molecule has 0 amide bonds. The van der Waals surface area contributed by atoms with E-state index in [0.717, 1.165) is 10.2 Å². The molecule has 0 bridgehead atoms. The van der Waals surface area contributed by atoms with Gasteiger partial charge in [0.2, 0.25) is 5.95 Å². The fourth-order valence-corrected chi connectivity index (χ4v) is 6.16. The minimum Gasteiger partial charge on any atom is -0.402 e. The van der Waals surface area contributed by atoms with Crippen molar-refractivity contribution in [2.45, 2.75) is 25.8 Å². The summed E-state index contributed by atoms with van der Waals surface area (Å²) in [6, 6.07) is 4.03. The number of aromatic nitrogens is 2. The molecule has 2 saturated heterocycles. The molecule has 2 aliphatic heterocycles. The lowest BCUT2D eigenvalue weighted by atomic mass is 10.1. The molecule has 11 nitrogen and oxygen atoms in total. The maximum absolute atomic E-state index is 12.7. The lowest BCUT2D eigenvalue weighted by Gasteiger charge is -2.40. The first kappa shape index (κ1) is 22.4. The molecule has 0 radical (unpaired) electrons. The summed E-state index contributed by atoms with van der Waals surface area (Å²) in [7, 11) is -3.51. The molecule has 2 aromatic heterocycles. The smallest absolute Gasteiger partial charge is 0.282 e. The van der Waals surface area contributed by atoms with Crippen LogP contribution in [0.2, 0.25) is 0 Å². The maximum Gasteiger partial charge on any atom is 0.282 e. The number of hydrogen-bond donors (Lipinski definition) is 3. The van der Waals surface area contributed by atoms with Gasteiger partial charge >= 0.3 is 0 Å². The number of rotatable bonds is 6. The SMILES string of the molecule is C/C(N)=C/C(N)=Nc1nc(NC2CCN(S(=O)(=O)N3CC(C#N)C3)CC2)nc2sccc12. The summed E-state index contributed by atoms with van der Waals surface area (Å²) in [5.41, 5.74) is 12.2. The van der Waals surface area contributed by atoms with Crippen molar-refractivity contribution >= 4 is 49.4 Å². The molecule has 32 heavy (non-hydrogen) atoms. The number of fused-ring (bicyclic) bond motifs is 1. The van der Waals surface area contributed by atoms with Crippen LogP contribution in [0.4, 0.5) is 11.8 Å². The highest BCUT2D eigenvalue weighted by Gasteiger charge is 2.40. The molecule has 170 valence electrons. The van der Waals surface area contributed by atoms with E-state index in [-0.39, 0.29) is 30.9 Å². The number of aliphatic imine (C=N–C) groups is 1. The van der Waals surface area contributed by atoms with Gasteiger partial charge in [-0.05, 0) is 37.3 Å². The van der Waals surface area contributed by atoms with Crippen molar-refractivity contribution in [1.29, 1.82) is 5.26 Å². The molecule has 4 rings (SSSR count). The zero-order valence-electron chi connectivity index (χ0n) is 17.6. The van der Waals surface area contributed by atoms with Crippen molar-refractivity contribution in [3.05, 3.63) is 23.2 Å². The molecule has 0 atom stereocenters. The van der Waals surface area contributed by atoms with Crippen LogP contribution >= 0.6 is 11.3 Å². The molecule has 0 unspecified atom stereocenters. The molecule has 2 aliphatic rings. The van der Waals surface area contributed by atoms with Gasteiger partial charge in [0, 0.05) is 37.9 Å². The van der Waals surface area contributed by atoms with Gasteiger partial charge in [0.05, 0.1) is 17.4 Å². The number of piperidine rings is 1. The third-order valence-electron chi connectivity index (χ3n) is 5.39. The van der Waals surface area contributed by atoms with Gasteiger partial charge in [0.15, 0.2) is 5.82 Å². The Hall–Kier alpha value is -2.79. The summed E-state index contributed by atoms with van der Waals surface area (Å²) >= 11 is 1.48. The number of hydrogen-bond acceptors (Lipinski definition) is 9. The van der Waals surface area contributed by atoms with E-state index in [1.54, 1.807) is 13.0 Å². The van der Waals surface area contributed by atoms with E-state index in [0.29, 0.717) is 43.4 Å². The summed E-state index contributed by atoms with van der Waals surface area (Å²) in [6.07, 6.45) is 2.81. The standard InChI is InChI=1S/C19H25N9O2S2/c1-12(21)8-16(22)24-17-15-4-7-31-18(15)26-19(25-17)23-14-2-5-27(6-3-14)32(29,30)28-10-13(9-20)11-28/h4,7-8,13-14H,2-3,5-6,10-11,21H2,1H3,(H3,22,23,24,25,26)/b12-8-. The van der Waals surface area contributed by atoms with Crippen LogP contribution in [0.5, 0.6) is 0 Å². The van der Waals surface area contributed by atoms with Crippen LogP contribution in [0.25, 0.3) is 10.2 Å². The minimum absolute atomic E-state index is 0.0301. The average molecular weight is 476 g/mol. The number of allylic oxidation sites excluding steroid dienone is 1. The monoisotopic (exact) mass is 475 g/mol. The third-order valence-corrected chi connectivity index (χ3v) is 8.16. The fraction of sp³-hybridized carbons (Fsp3) is 0.474. The van der Waals surface area contributed by atoms with Gasteiger partial charge in [-0.3, -0.25) is 0 Å². The lowest BCUT2D eigenvalue weighted by Crippen LogP contribution is -2.56. The predicted octanol–water partition coefficient (Wildman–Crippen LogP) is 1.12. The Bertz CT molecular complexity index is 1200. The normalized spacial score (nSPS) is 20.2. The van der Waals surface area contributed by atoms with Crippen molar-refractivity contribution in [1.82, 2.24) is 18.6 Å². The van der Waals surface area contributed by atoms with Gasteiger partial charge in [-0.2, -0.15) is 27.3 Å². The van der Waals surface area contributed by atoms with E-state index in [9.17, 15) is 8.42 Å². The van der Waals surface area contributed by atoms with Crippen LogP contribution in [-0.4, -0.2) is 65.1 Å². The predicted molar refractivity (Wildman–Crippen MR) is 124 cm³/mol. The van der Waals surface area contributed by atoms with E-state index < -0.39 is 10.2 Å². The molecule has 0 aliphatic carbocycles. The fourth-order valence-electron chi connectivity index (χ4n) is 3.66. The Morgan fingerprint density at radius 3 is 2.69 bits per heavy atom. The van der Waals surface area contributed by atoms with Crippen molar-refractivity contribution in [3.63, 3.8) is 0 Å². The van der Waals surface area contributed by atoms with Crippen LogP contribution < -0.4 is 16.8 Å². The van der Waals surface area contributed by atoms with Crippen molar-refractivity contribution in [2.75, 3.05) is 31.5 Å². The second kappa shape index (κ2) is 8.99. The van der Waals surface area contributed by atoms with E-state index in [4.69, 9.17) is 16.7 Å². The van der Waals surface area contributed by atoms with Crippen LogP contribution in [-0.2, 0) is 10.2 Å². The first-order valence-electron chi connectivity index (χ1n) is 10.2. The number of amidine groups is 1. The zero-order chi connectivity index (χ0) is 22.9. The van der Waals surface area contributed by atoms with Gasteiger partial charge in [-0.1, -0.05) is 0 Å². The van der Waals surface area contributed by atoms with Crippen LogP contribution in [0.1, 0.15) is 19.8 Å². The Labute approximate surface area is 190 Å². The third kappa shape index (κ3) is 4.68. The van der Waals surface area contributed by atoms with Gasteiger partial charge in [0.1, 0.15) is 10.7 Å². The van der Waals surface area contributed by atoms with E-state index in [2.05, 4.69) is 26.3 Å². The Balaban J connectivity index is 1.44. The highest BCUT2D eigenvalue weighted by molar-refractivity contribution is 7.86. The van der Waals surface area contributed by atoms with Crippen molar-refractivity contribution in [2.24, 2.45) is 22.4 Å². The second-order valence-electron chi connectivity index (χ2n) is 7.90. The van der Waals surface area contributed by atoms with Crippen LogP contribution in [0, 0.1) is 17.2 Å². The molecule has 0 aromatic carbocycles. The Morgan fingerprint density at radius 2 is 2.03 bits per heavy atom. The molecule has 13 heteroatoms. The quantitative estimate of drug-likeness (QED) is 0.413. The summed E-state index contributed by atoms with van der Waals surface area (Å²) in [5.74, 6) is 0.938. The average Bonchev–Trinajstić information content (AvgIpc) is 3.15. The number of nitrogens with two attached hydrogens (primary N) is 2. The summed E-state index contributed by atoms with van der Waals surface area (Å²) in [6.45, 7) is 3.07. The Morgan fingerprint density at radius 1 is 1.31 bits per heavy atom. The van der Waals surface area contributed by atoms with Gasteiger partial charge in [-0.15, -0.1) is 11.3 Å². The summed E-state index contributed by atoms with van der Waals surface area (Å²) in [4.78, 5) is 14.3. The molecule has 2 fully saturated rings. The summed E-state index contributed by atoms with van der Waals surface area (Å²) in [5, 5.41) is 14.9. The largest absolute Gasteiger partial charge is 0.402 e. The molecule has 5 N–H and O–H groups in total. The lowest BCUT2D eigenvalue weighted by molar-refractivity contribution is 0.216. The first-order chi connectivity index (χ1) is 15.3. The van der Waals surface area contributed by atoms with E-state index >= 15 is 0 Å². The molecular weight excluding hydrogens is 450 g/mol. The molecule has 4 heterocycles. The maximum atomic E-state index is 12.7. The zero-order valence-corrected chi connectivity index (χ0v) is 19.2. The van der Waals surface area contributed by atoms with E-state index in [1.165, 1.54) is 19.9 Å². The topological polar surface area (TPSA) is 167 Å². The van der Waals surface area contributed by atoms with Gasteiger partial charge < -0.3 is 16.8 Å². The van der Waals surface area contributed by atoms with Crippen LogP contribution in [0.3, 0.4) is 0 Å². The van der Waals surface area contributed by atoms with Gasteiger partial charge in [0.25, 0.3) is 10.2 Å². The second-order valence-corrected chi connectivity index (χ2v) is 10.7. The highest BCUT2D eigenvalue weighted by Crippen LogP contribution is 2.30. The van der Waals surface area contributed by atoms with Crippen LogP contribution in [0.15, 0.2) is 28.2 Å². The number of nitrogens with zero attached hydrogens (tertiary/aromatic N) is 6. The molecule has 0 spiro atoms. The van der Waals surface area contributed by atoms with Crippen molar-refractivity contribution in [3.8, 4) is 6.07 Å². The number of thiophene rings is 1. The molecular formula is C19H25N9O2S2. The van der Waals surface area contributed by atoms with Crippen molar-refractivity contribution < 1.29 is 8.42 Å².